The fourth-order valence-corrected chi connectivity index (χ4v) is 4.77. The van der Waals surface area contributed by atoms with Crippen molar-refractivity contribution in [3.05, 3.63) is 125 Å². The number of aromatic nitrogens is 2. The summed E-state index contributed by atoms with van der Waals surface area (Å²) in [5.74, 6) is 1.07. The number of benzene rings is 3. The maximum Gasteiger partial charge on any atom is 0.220 e. The molecule has 0 spiro atoms. The van der Waals surface area contributed by atoms with Crippen LogP contribution in [-0.2, 0) is 24.9 Å². The maximum absolute atomic E-state index is 5.88. The van der Waals surface area contributed by atoms with Crippen LogP contribution in [0.25, 0.3) is 6.08 Å². The van der Waals surface area contributed by atoms with Crippen molar-refractivity contribution < 1.29 is 4.74 Å². The summed E-state index contributed by atoms with van der Waals surface area (Å²) in [7, 11) is 0. The lowest BCUT2D eigenvalue weighted by Gasteiger charge is -2.26. The first-order valence-corrected chi connectivity index (χ1v) is 13.5. The molecule has 0 unspecified atom stereocenters. The van der Waals surface area contributed by atoms with Crippen molar-refractivity contribution in [2.75, 3.05) is 5.73 Å². The van der Waals surface area contributed by atoms with Crippen LogP contribution in [-0.4, -0.2) is 9.97 Å². The number of nitrogen functional groups attached to an aromatic ring is 1. The minimum Gasteiger partial charge on any atom is -0.487 e. The van der Waals surface area contributed by atoms with E-state index in [1.807, 2.05) is 24.3 Å². The SMILES string of the molecule is C=Cc1cc(CCCCCc2ccc(C(C)(C)c3ccc(OCc4ccnc(N)n4)cc3)cc2)ccc1C. The van der Waals surface area contributed by atoms with Gasteiger partial charge in [0.05, 0.1) is 5.69 Å². The number of aryl methyl sites for hydroxylation is 3. The fourth-order valence-electron chi connectivity index (χ4n) is 4.77. The van der Waals surface area contributed by atoms with Gasteiger partial charge in [-0.2, -0.15) is 0 Å². The zero-order valence-corrected chi connectivity index (χ0v) is 22.9. The molecule has 0 aliphatic rings. The van der Waals surface area contributed by atoms with Gasteiger partial charge in [-0.25, -0.2) is 9.97 Å². The van der Waals surface area contributed by atoms with Crippen molar-refractivity contribution in [2.45, 2.75) is 64.9 Å². The molecule has 0 bridgehead atoms. The second-order valence-corrected chi connectivity index (χ2v) is 10.5. The van der Waals surface area contributed by atoms with E-state index >= 15 is 0 Å². The van der Waals surface area contributed by atoms with Gasteiger partial charge in [-0.15, -0.1) is 0 Å². The molecule has 0 saturated heterocycles. The molecule has 0 aliphatic heterocycles. The molecule has 0 aliphatic carbocycles. The highest BCUT2D eigenvalue weighted by Crippen LogP contribution is 2.33. The third kappa shape index (κ3) is 7.10. The summed E-state index contributed by atoms with van der Waals surface area (Å²) < 4.78 is 5.88. The van der Waals surface area contributed by atoms with Gasteiger partial charge in [-0.3, -0.25) is 0 Å². The Morgan fingerprint density at radius 3 is 2.13 bits per heavy atom. The average molecular weight is 506 g/mol. The Morgan fingerprint density at radius 1 is 0.842 bits per heavy atom. The summed E-state index contributed by atoms with van der Waals surface area (Å²) in [6.07, 6.45) is 9.52. The van der Waals surface area contributed by atoms with E-state index in [-0.39, 0.29) is 11.4 Å². The van der Waals surface area contributed by atoms with Gasteiger partial charge in [-0.05, 0) is 84.2 Å². The second-order valence-electron chi connectivity index (χ2n) is 10.5. The van der Waals surface area contributed by atoms with Gasteiger partial charge in [0, 0.05) is 11.6 Å². The molecule has 3 aromatic carbocycles. The van der Waals surface area contributed by atoms with Crippen molar-refractivity contribution in [3.8, 4) is 5.75 Å². The van der Waals surface area contributed by atoms with Crippen LogP contribution in [0.3, 0.4) is 0 Å². The van der Waals surface area contributed by atoms with E-state index in [0.717, 1.165) is 24.3 Å². The minimum absolute atomic E-state index is 0.101. The normalized spacial score (nSPS) is 11.3. The summed E-state index contributed by atoms with van der Waals surface area (Å²) in [6, 6.07) is 26.0. The van der Waals surface area contributed by atoms with Crippen LogP contribution in [0.15, 0.2) is 85.6 Å². The first kappa shape index (κ1) is 27.1. The van der Waals surface area contributed by atoms with Gasteiger partial charge in [0.25, 0.3) is 0 Å². The summed E-state index contributed by atoms with van der Waals surface area (Å²) in [4.78, 5) is 8.09. The highest BCUT2D eigenvalue weighted by molar-refractivity contribution is 5.52. The van der Waals surface area contributed by atoms with Gasteiger partial charge in [-0.1, -0.05) is 87.5 Å². The molecule has 4 heteroatoms. The van der Waals surface area contributed by atoms with E-state index in [4.69, 9.17) is 10.5 Å². The molecule has 0 radical (unpaired) electrons. The Kier molecular flexibility index (Phi) is 8.96. The number of anilines is 1. The second kappa shape index (κ2) is 12.6. The van der Waals surface area contributed by atoms with E-state index in [1.165, 1.54) is 52.6 Å². The first-order chi connectivity index (χ1) is 18.3. The molecule has 1 heterocycles. The van der Waals surface area contributed by atoms with Gasteiger partial charge in [0.15, 0.2) is 0 Å². The molecule has 4 rings (SSSR count). The number of rotatable bonds is 12. The fraction of sp³-hybridized carbons (Fsp3) is 0.294. The molecule has 1 aromatic heterocycles. The predicted octanol–water partition coefficient (Wildman–Crippen LogP) is 7.87. The Labute approximate surface area is 227 Å². The lowest BCUT2D eigenvalue weighted by atomic mass is 9.78. The molecular weight excluding hydrogens is 466 g/mol. The number of ether oxygens (including phenoxy) is 1. The molecule has 4 nitrogen and oxygen atoms in total. The van der Waals surface area contributed by atoms with Crippen molar-refractivity contribution in [2.24, 2.45) is 0 Å². The maximum atomic E-state index is 5.88. The smallest absolute Gasteiger partial charge is 0.220 e. The molecule has 0 fully saturated rings. The Balaban J connectivity index is 1.26. The third-order valence-electron chi connectivity index (χ3n) is 7.36. The summed E-state index contributed by atoms with van der Waals surface area (Å²) in [6.45, 7) is 11.0. The van der Waals surface area contributed by atoms with Crippen LogP contribution < -0.4 is 10.5 Å². The van der Waals surface area contributed by atoms with Crippen LogP contribution in [0.1, 0.15) is 72.2 Å². The highest BCUT2D eigenvalue weighted by Gasteiger charge is 2.23. The van der Waals surface area contributed by atoms with Crippen LogP contribution >= 0.6 is 0 Å². The monoisotopic (exact) mass is 505 g/mol. The Bertz CT molecular complexity index is 1340. The zero-order chi connectivity index (χ0) is 27.0. The molecule has 0 saturated carbocycles. The lowest BCUT2D eigenvalue weighted by Crippen LogP contribution is -2.18. The van der Waals surface area contributed by atoms with Gasteiger partial charge < -0.3 is 10.5 Å². The van der Waals surface area contributed by atoms with Crippen LogP contribution in [0.5, 0.6) is 5.75 Å². The third-order valence-corrected chi connectivity index (χ3v) is 7.36. The number of nitrogens with zero attached hydrogens (tertiary/aromatic N) is 2. The number of hydrogen-bond donors (Lipinski definition) is 1. The largest absolute Gasteiger partial charge is 0.487 e. The molecule has 196 valence electrons. The number of nitrogens with two attached hydrogens (primary N) is 1. The van der Waals surface area contributed by atoms with E-state index in [2.05, 4.69) is 91.9 Å². The Morgan fingerprint density at radius 2 is 1.47 bits per heavy atom. The molecular formula is C34H39N3O. The molecule has 2 N–H and O–H groups in total. The minimum atomic E-state index is -0.101. The predicted molar refractivity (Wildman–Crippen MR) is 158 cm³/mol. The lowest BCUT2D eigenvalue weighted by molar-refractivity contribution is 0.301. The van der Waals surface area contributed by atoms with Crippen molar-refractivity contribution >= 4 is 12.0 Å². The van der Waals surface area contributed by atoms with Crippen LogP contribution in [0.2, 0.25) is 0 Å². The summed E-state index contributed by atoms with van der Waals surface area (Å²) in [5.41, 5.74) is 14.2. The molecule has 38 heavy (non-hydrogen) atoms. The van der Waals surface area contributed by atoms with Crippen molar-refractivity contribution in [1.82, 2.24) is 9.97 Å². The zero-order valence-electron chi connectivity index (χ0n) is 22.9. The molecule has 4 aromatic rings. The number of hydrogen-bond acceptors (Lipinski definition) is 4. The molecule has 0 atom stereocenters. The van der Waals surface area contributed by atoms with E-state index < -0.39 is 0 Å². The van der Waals surface area contributed by atoms with E-state index in [0.29, 0.717) is 6.61 Å². The summed E-state index contributed by atoms with van der Waals surface area (Å²) >= 11 is 0. The van der Waals surface area contributed by atoms with Crippen LogP contribution in [0.4, 0.5) is 5.95 Å². The first-order valence-electron chi connectivity index (χ1n) is 13.5. The van der Waals surface area contributed by atoms with Gasteiger partial charge >= 0.3 is 0 Å². The standard InChI is InChI=1S/C34H39N3O/c1-5-28-23-27(12-11-25(28)2)10-8-6-7-9-26-13-15-29(16-14-26)34(3,4)30-17-19-32(20-18-30)38-24-31-21-22-36-33(35)37-31/h5,11-23H,1,6-10,24H2,2-4H3,(H2,35,36,37). The quantitative estimate of drug-likeness (QED) is 0.199. The topological polar surface area (TPSA) is 61.0 Å². The number of unbranched alkanes of at least 4 members (excludes halogenated alkanes) is 2. The summed E-state index contributed by atoms with van der Waals surface area (Å²) in [5, 5.41) is 0. The van der Waals surface area contributed by atoms with Crippen LogP contribution in [0, 0.1) is 6.92 Å². The van der Waals surface area contributed by atoms with Crippen molar-refractivity contribution in [1.29, 1.82) is 0 Å². The van der Waals surface area contributed by atoms with Gasteiger partial charge in [0.1, 0.15) is 12.4 Å². The van der Waals surface area contributed by atoms with E-state index in [1.54, 1.807) is 6.20 Å². The molecule has 0 amide bonds. The highest BCUT2D eigenvalue weighted by atomic mass is 16.5. The average Bonchev–Trinajstić information content (AvgIpc) is 2.93. The van der Waals surface area contributed by atoms with Crippen molar-refractivity contribution in [3.63, 3.8) is 0 Å². The Hall–Kier alpha value is -3.92. The van der Waals surface area contributed by atoms with E-state index in [9.17, 15) is 0 Å². The van der Waals surface area contributed by atoms with Gasteiger partial charge in [0.2, 0.25) is 5.95 Å².